The van der Waals surface area contributed by atoms with Gasteiger partial charge in [0.1, 0.15) is 5.71 Å². The Kier molecular flexibility index (Phi) is 2.40. The molecule has 0 aliphatic carbocycles. The number of oxime groups is 1. The molecule has 0 unspecified atom stereocenters. The molecule has 0 spiro atoms. The third-order valence-corrected chi connectivity index (χ3v) is 2.37. The summed E-state index contributed by atoms with van der Waals surface area (Å²) in [6.45, 7) is 0.728. The van der Waals surface area contributed by atoms with Crippen LogP contribution in [0.3, 0.4) is 0 Å². The number of esters is 1. The minimum Gasteiger partial charge on any atom is -0.464 e. The molecule has 0 saturated heterocycles. The first-order valence-electron chi connectivity index (χ1n) is 4.63. The lowest BCUT2D eigenvalue weighted by molar-refractivity contribution is 0.0593. The summed E-state index contributed by atoms with van der Waals surface area (Å²) in [5.74, 6) is -0.478. The number of ether oxygens (including phenoxy) is 1. The summed E-state index contributed by atoms with van der Waals surface area (Å²) >= 11 is 0. The lowest BCUT2D eigenvalue weighted by Crippen LogP contribution is -2.18. The van der Waals surface area contributed by atoms with Crippen molar-refractivity contribution in [3.8, 4) is 0 Å². The van der Waals surface area contributed by atoms with E-state index in [4.69, 9.17) is 5.21 Å². The molecule has 6 nitrogen and oxygen atoms in total. The molecule has 15 heavy (non-hydrogen) atoms. The lowest BCUT2D eigenvalue weighted by atomic mass is 10.1. The molecule has 6 heteroatoms. The first kappa shape index (κ1) is 9.70. The van der Waals surface area contributed by atoms with E-state index in [1.807, 2.05) is 0 Å². The van der Waals surface area contributed by atoms with Crippen LogP contribution in [0.15, 0.2) is 11.2 Å². The zero-order chi connectivity index (χ0) is 10.8. The quantitative estimate of drug-likeness (QED) is 0.418. The summed E-state index contributed by atoms with van der Waals surface area (Å²) in [6.07, 6.45) is 1.55. The molecule has 1 aromatic rings. The van der Waals surface area contributed by atoms with Crippen molar-refractivity contribution >= 4 is 11.7 Å². The third kappa shape index (κ3) is 1.58. The van der Waals surface area contributed by atoms with Crippen molar-refractivity contribution in [3.05, 3.63) is 17.5 Å². The predicted octanol–water partition coefficient (Wildman–Crippen LogP) is 0.642. The smallest absolute Gasteiger partial charge is 0.358 e. The Balaban J connectivity index is 2.42. The molecule has 2 heterocycles. The van der Waals surface area contributed by atoms with Crippen molar-refractivity contribution in [1.82, 2.24) is 9.78 Å². The van der Waals surface area contributed by atoms with Gasteiger partial charge in [0, 0.05) is 12.6 Å². The fourth-order valence-electron chi connectivity index (χ4n) is 1.65. The van der Waals surface area contributed by atoms with Crippen LogP contribution in [0.4, 0.5) is 0 Å². The minimum absolute atomic E-state index is 0.246. The van der Waals surface area contributed by atoms with Crippen LogP contribution in [0, 0.1) is 0 Å². The van der Waals surface area contributed by atoms with Crippen LogP contribution in [-0.2, 0) is 11.3 Å². The summed E-state index contributed by atoms with van der Waals surface area (Å²) in [5, 5.41) is 16.0. The number of aromatic nitrogens is 2. The molecule has 0 aromatic carbocycles. The van der Waals surface area contributed by atoms with E-state index in [0.29, 0.717) is 17.8 Å². The zero-order valence-electron chi connectivity index (χ0n) is 8.30. The molecule has 1 aliphatic rings. The van der Waals surface area contributed by atoms with Crippen molar-refractivity contribution in [2.45, 2.75) is 19.4 Å². The predicted molar refractivity (Wildman–Crippen MR) is 51.1 cm³/mol. The highest BCUT2D eigenvalue weighted by Crippen LogP contribution is 2.16. The number of carbonyl (C=O) groups excluding carboxylic acids is 1. The highest BCUT2D eigenvalue weighted by Gasteiger charge is 2.21. The van der Waals surface area contributed by atoms with Crippen LogP contribution in [0.5, 0.6) is 0 Å². The Morgan fingerprint density at radius 2 is 2.53 bits per heavy atom. The van der Waals surface area contributed by atoms with Crippen molar-refractivity contribution in [3.63, 3.8) is 0 Å². The summed E-state index contributed by atoms with van der Waals surface area (Å²) in [6, 6.07) is 1.58. The van der Waals surface area contributed by atoms with Gasteiger partial charge >= 0.3 is 5.97 Å². The second-order valence-corrected chi connectivity index (χ2v) is 3.28. The molecule has 1 N–H and O–H groups in total. The van der Waals surface area contributed by atoms with E-state index in [2.05, 4.69) is 15.0 Å². The summed E-state index contributed by atoms with van der Waals surface area (Å²) in [5.41, 5.74) is 1.49. The first-order chi connectivity index (χ1) is 7.26. The van der Waals surface area contributed by atoms with Crippen LogP contribution in [0.2, 0.25) is 0 Å². The first-order valence-corrected chi connectivity index (χ1v) is 4.63. The van der Waals surface area contributed by atoms with Gasteiger partial charge in [0.2, 0.25) is 0 Å². The SMILES string of the molecule is COC(=O)c1cc2n(n1)CCC/C2=N/O. The van der Waals surface area contributed by atoms with E-state index in [9.17, 15) is 4.79 Å². The minimum atomic E-state index is -0.478. The second-order valence-electron chi connectivity index (χ2n) is 3.28. The fourth-order valence-corrected chi connectivity index (χ4v) is 1.65. The number of nitrogens with zero attached hydrogens (tertiary/aromatic N) is 3. The third-order valence-electron chi connectivity index (χ3n) is 2.37. The number of hydrogen-bond acceptors (Lipinski definition) is 5. The van der Waals surface area contributed by atoms with Crippen LogP contribution in [0.25, 0.3) is 0 Å². The molecule has 0 amide bonds. The van der Waals surface area contributed by atoms with E-state index in [1.54, 1.807) is 10.7 Å². The van der Waals surface area contributed by atoms with Crippen LogP contribution in [-0.4, -0.2) is 33.8 Å². The topological polar surface area (TPSA) is 76.7 Å². The van der Waals surface area contributed by atoms with E-state index >= 15 is 0 Å². The van der Waals surface area contributed by atoms with Crippen LogP contribution in [0.1, 0.15) is 29.0 Å². The van der Waals surface area contributed by atoms with Gasteiger partial charge in [-0.3, -0.25) is 4.68 Å². The maximum Gasteiger partial charge on any atom is 0.358 e. The van der Waals surface area contributed by atoms with Gasteiger partial charge in [-0.2, -0.15) is 5.10 Å². The van der Waals surface area contributed by atoms with Gasteiger partial charge in [-0.05, 0) is 12.8 Å². The lowest BCUT2D eigenvalue weighted by Gasteiger charge is -2.13. The van der Waals surface area contributed by atoms with Crippen LogP contribution < -0.4 is 0 Å². The van der Waals surface area contributed by atoms with Gasteiger partial charge in [0.15, 0.2) is 5.69 Å². The second kappa shape index (κ2) is 3.72. The van der Waals surface area contributed by atoms with Gasteiger partial charge in [0.25, 0.3) is 0 Å². The highest BCUT2D eigenvalue weighted by molar-refractivity contribution is 6.01. The normalized spacial score (nSPS) is 17.5. The molecular weight excluding hydrogens is 198 g/mol. The maximum atomic E-state index is 11.2. The van der Waals surface area contributed by atoms with E-state index in [-0.39, 0.29) is 5.69 Å². The number of methoxy groups -OCH3 is 1. The van der Waals surface area contributed by atoms with E-state index < -0.39 is 5.97 Å². The summed E-state index contributed by atoms with van der Waals surface area (Å²) in [4.78, 5) is 11.2. The van der Waals surface area contributed by atoms with Gasteiger partial charge in [-0.15, -0.1) is 0 Å². The van der Waals surface area contributed by atoms with Gasteiger partial charge in [-0.1, -0.05) is 5.16 Å². The van der Waals surface area contributed by atoms with Gasteiger partial charge < -0.3 is 9.94 Å². The molecule has 0 atom stereocenters. The monoisotopic (exact) mass is 209 g/mol. The number of carbonyl (C=O) groups is 1. The standard InChI is InChI=1S/C9H11N3O3/c1-15-9(13)7-5-8-6(11-14)3-2-4-12(8)10-7/h5,14H,2-4H2,1H3/b11-6-. The summed E-state index contributed by atoms with van der Waals surface area (Å²) < 4.78 is 6.22. The van der Waals surface area contributed by atoms with Crippen molar-refractivity contribution in [1.29, 1.82) is 0 Å². The molecular formula is C9H11N3O3. The molecule has 80 valence electrons. The Morgan fingerprint density at radius 1 is 1.73 bits per heavy atom. The number of hydrogen-bond donors (Lipinski definition) is 1. The largest absolute Gasteiger partial charge is 0.464 e. The molecule has 0 fully saturated rings. The van der Waals surface area contributed by atoms with Crippen molar-refractivity contribution < 1.29 is 14.7 Å². The maximum absolute atomic E-state index is 11.2. The molecule has 0 saturated carbocycles. The summed E-state index contributed by atoms with van der Waals surface area (Å²) in [7, 11) is 1.31. The number of fused-ring (bicyclic) bond motifs is 1. The average Bonchev–Trinajstić information content (AvgIpc) is 2.71. The molecule has 2 rings (SSSR count). The zero-order valence-corrected chi connectivity index (χ0v) is 8.30. The number of rotatable bonds is 1. The van der Waals surface area contributed by atoms with Gasteiger partial charge in [0.05, 0.1) is 12.8 Å². The molecule has 1 aromatic heterocycles. The number of aryl methyl sites for hydroxylation is 1. The Labute approximate surface area is 86.1 Å². The highest BCUT2D eigenvalue weighted by atomic mass is 16.5. The van der Waals surface area contributed by atoms with Crippen molar-refractivity contribution in [2.75, 3.05) is 7.11 Å². The van der Waals surface area contributed by atoms with Crippen LogP contribution >= 0.6 is 0 Å². The molecule has 1 aliphatic heterocycles. The van der Waals surface area contributed by atoms with E-state index in [1.165, 1.54) is 7.11 Å². The average molecular weight is 209 g/mol. The Bertz CT molecular complexity index is 422. The Morgan fingerprint density at radius 3 is 3.20 bits per heavy atom. The molecule has 0 radical (unpaired) electrons. The van der Waals surface area contributed by atoms with E-state index in [0.717, 1.165) is 13.0 Å². The fraction of sp³-hybridized carbons (Fsp3) is 0.444. The molecule has 0 bridgehead atoms. The van der Waals surface area contributed by atoms with Crippen molar-refractivity contribution in [2.24, 2.45) is 5.16 Å². The van der Waals surface area contributed by atoms with Gasteiger partial charge in [-0.25, -0.2) is 4.79 Å². The Hall–Kier alpha value is -1.85.